The van der Waals surface area contributed by atoms with Crippen LogP contribution in [0.5, 0.6) is 0 Å². The van der Waals surface area contributed by atoms with E-state index in [0.717, 1.165) is 10.8 Å². The SMILES string of the molecule is O=S(=O)(c1cccc2ccccc12)N1CC2CCCC2C1. The molecule has 1 heterocycles. The van der Waals surface area contributed by atoms with Gasteiger partial charge in [0.05, 0.1) is 4.90 Å². The molecular weight excluding hydrogens is 282 g/mol. The number of sulfonamides is 1. The first-order valence-corrected chi connectivity index (χ1v) is 9.08. The topological polar surface area (TPSA) is 37.4 Å². The Labute approximate surface area is 125 Å². The van der Waals surface area contributed by atoms with E-state index in [-0.39, 0.29) is 0 Å². The van der Waals surface area contributed by atoms with Crippen molar-refractivity contribution in [2.24, 2.45) is 11.8 Å². The van der Waals surface area contributed by atoms with Crippen molar-refractivity contribution in [1.82, 2.24) is 4.31 Å². The van der Waals surface area contributed by atoms with Gasteiger partial charge in [0.25, 0.3) is 0 Å². The van der Waals surface area contributed by atoms with Crippen molar-refractivity contribution in [3.8, 4) is 0 Å². The van der Waals surface area contributed by atoms with Gasteiger partial charge in [0, 0.05) is 18.5 Å². The lowest BCUT2D eigenvalue weighted by Gasteiger charge is -2.18. The Balaban J connectivity index is 1.77. The van der Waals surface area contributed by atoms with E-state index in [0.29, 0.717) is 29.8 Å². The van der Waals surface area contributed by atoms with Crippen molar-refractivity contribution in [1.29, 1.82) is 0 Å². The van der Waals surface area contributed by atoms with Crippen LogP contribution in [0.2, 0.25) is 0 Å². The fourth-order valence-electron chi connectivity index (χ4n) is 3.95. The number of benzene rings is 2. The molecule has 1 saturated heterocycles. The Morgan fingerprint density at radius 2 is 1.57 bits per heavy atom. The molecular formula is C17H19NO2S. The molecule has 2 aliphatic rings. The van der Waals surface area contributed by atoms with Crippen LogP contribution in [0.4, 0.5) is 0 Å². The fraction of sp³-hybridized carbons (Fsp3) is 0.412. The molecule has 21 heavy (non-hydrogen) atoms. The van der Waals surface area contributed by atoms with Crippen LogP contribution in [-0.2, 0) is 10.0 Å². The van der Waals surface area contributed by atoms with Crippen LogP contribution in [-0.4, -0.2) is 25.8 Å². The molecule has 3 nitrogen and oxygen atoms in total. The zero-order chi connectivity index (χ0) is 14.4. The summed E-state index contributed by atoms with van der Waals surface area (Å²) < 4.78 is 27.7. The van der Waals surface area contributed by atoms with Gasteiger partial charge in [0.15, 0.2) is 0 Å². The van der Waals surface area contributed by atoms with Gasteiger partial charge in [-0.1, -0.05) is 42.8 Å². The third-order valence-electron chi connectivity index (χ3n) is 5.06. The highest BCUT2D eigenvalue weighted by Crippen LogP contribution is 2.40. The Bertz CT molecular complexity index is 767. The highest BCUT2D eigenvalue weighted by molar-refractivity contribution is 7.89. The lowest BCUT2D eigenvalue weighted by molar-refractivity contribution is 0.446. The fourth-order valence-corrected chi connectivity index (χ4v) is 5.72. The van der Waals surface area contributed by atoms with Gasteiger partial charge in [-0.3, -0.25) is 0 Å². The van der Waals surface area contributed by atoms with Gasteiger partial charge in [-0.25, -0.2) is 8.42 Å². The summed E-state index contributed by atoms with van der Waals surface area (Å²) in [6.07, 6.45) is 3.63. The molecule has 0 amide bonds. The van der Waals surface area contributed by atoms with Gasteiger partial charge in [-0.15, -0.1) is 0 Å². The summed E-state index contributed by atoms with van der Waals surface area (Å²) >= 11 is 0. The van der Waals surface area contributed by atoms with Crippen LogP contribution in [0.15, 0.2) is 47.4 Å². The van der Waals surface area contributed by atoms with Crippen LogP contribution >= 0.6 is 0 Å². The average molecular weight is 301 g/mol. The number of fused-ring (bicyclic) bond motifs is 2. The van der Waals surface area contributed by atoms with E-state index < -0.39 is 10.0 Å². The molecule has 2 aromatic rings. The van der Waals surface area contributed by atoms with Crippen LogP contribution in [0.25, 0.3) is 10.8 Å². The maximum Gasteiger partial charge on any atom is 0.243 e. The molecule has 4 heteroatoms. The average Bonchev–Trinajstić information content (AvgIpc) is 3.08. The van der Waals surface area contributed by atoms with E-state index in [1.54, 1.807) is 10.4 Å². The zero-order valence-electron chi connectivity index (χ0n) is 11.9. The number of nitrogens with zero attached hydrogens (tertiary/aromatic N) is 1. The summed E-state index contributed by atoms with van der Waals surface area (Å²) in [5.74, 6) is 1.16. The lowest BCUT2D eigenvalue weighted by Crippen LogP contribution is -2.29. The highest BCUT2D eigenvalue weighted by Gasteiger charge is 2.41. The van der Waals surface area contributed by atoms with E-state index >= 15 is 0 Å². The zero-order valence-corrected chi connectivity index (χ0v) is 12.7. The molecule has 4 rings (SSSR count). The molecule has 1 saturated carbocycles. The first-order chi connectivity index (χ1) is 10.2. The summed E-state index contributed by atoms with van der Waals surface area (Å²) in [5, 5.41) is 1.81. The quantitative estimate of drug-likeness (QED) is 0.854. The van der Waals surface area contributed by atoms with Gasteiger partial charge < -0.3 is 0 Å². The molecule has 0 radical (unpaired) electrons. The minimum absolute atomic E-state index is 0.459. The highest BCUT2D eigenvalue weighted by atomic mass is 32.2. The summed E-state index contributed by atoms with van der Waals surface area (Å²) in [6.45, 7) is 1.41. The van der Waals surface area contributed by atoms with E-state index in [9.17, 15) is 8.42 Å². The normalized spacial score (nSPS) is 26.3. The molecule has 0 spiro atoms. The monoisotopic (exact) mass is 301 g/mol. The second-order valence-electron chi connectivity index (χ2n) is 6.25. The van der Waals surface area contributed by atoms with E-state index in [1.165, 1.54) is 19.3 Å². The van der Waals surface area contributed by atoms with Gasteiger partial charge in [-0.2, -0.15) is 4.31 Å². The number of rotatable bonds is 2. The number of hydrogen-bond donors (Lipinski definition) is 0. The van der Waals surface area contributed by atoms with Crippen LogP contribution in [0.3, 0.4) is 0 Å². The molecule has 110 valence electrons. The summed E-state index contributed by atoms with van der Waals surface area (Å²) in [7, 11) is -3.37. The Morgan fingerprint density at radius 1 is 0.905 bits per heavy atom. The Kier molecular flexibility index (Phi) is 3.05. The van der Waals surface area contributed by atoms with Crippen molar-refractivity contribution in [3.05, 3.63) is 42.5 Å². The number of hydrogen-bond acceptors (Lipinski definition) is 2. The molecule has 2 aromatic carbocycles. The van der Waals surface area contributed by atoms with E-state index in [1.807, 2.05) is 36.4 Å². The molecule has 2 fully saturated rings. The second kappa shape index (κ2) is 4.82. The largest absolute Gasteiger partial charge is 0.243 e. The first kappa shape index (κ1) is 13.3. The van der Waals surface area contributed by atoms with Crippen molar-refractivity contribution < 1.29 is 8.42 Å². The molecule has 0 bridgehead atoms. The van der Waals surface area contributed by atoms with Crippen molar-refractivity contribution in [2.75, 3.05) is 13.1 Å². The van der Waals surface area contributed by atoms with E-state index in [2.05, 4.69) is 0 Å². The van der Waals surface area contributed by atoms with Crippen LogP contribution in [0.1, 0.15) is 19.3 Å². The van der Waals surface area contributed by atoms with Crippen LogP contribution < -0.4 is 0 Å². The predicted molar refractivity (Wildman–Crippen MR) is 83.5 cm³/mol. The van der Waals surface area contributed by atoms with E-state index in [4.69, 9.17) is 0 Å². The maximum atomic E-state index is 13.0. The molecule has 1 aliphatic heterocycles. The van der Waals surface area contributed by atoms with Gasteiger partial charge in [0.1, 0.15) is 0 Å². The smallest absolute Gasteiger partial charge is 0.207 e. The molecule has 0 aromatic heterocycles. The summed E-state index contributed by atoms with van der Waals surface area (Å²) in [6, 6.07) is 13.3. The van der Waals surface area contributed by atoms with Gasteiger partial charge >= 0.3 is 0 Å². The minimum Gasteiger partial charge on any atom is -0.207 e. The van der Waals surface area contributed by atoms with Crippen molar-refractivity contribution in [2.45, 2.75) is 24.2 Å². The third-order valence-corrected chi connectivity index (χ3v) is 6.95. The van der Waals surface area contributed by atoms with Crippen molar-refractivity contribution >= 4 is 20.8 Å². The predicted octanol–water partition coefficient (Wildman–Crippen LogP) is 3.26. The second-order valence-corrected chi connectivity index (χ2v) is 8.16. The van der Waals surface area contributed by atoms with Gasteiger partial charge in [0.2, 0.25) is 10.0 Å². The minimum atomic E-state index is -3.37. The van der Waals surface area contributed by atoms with Gasteiger partial charge in [-0.05, 0) is 36.1 Å². The molecule has 2 unspecified atom stereocenters. The summed E-state index contributed by atoms with van der Waals surface area (Å²) in [5.41, 5.74) is 0. The lowest BCUT2D eigenvalue weighted by atomic mass is 10.0. The molecule has 1 aliphatic carbocycles. The maximum absolute atomic E-state index is 13.0. The van der Waals surface area contributed by atoms with Crippen LogP contribution in [0, 0.1) is 11.8 Å². The Morgan fingerprint density at radius 3 is 2.33 bits per heavy atom. The Hall–Kier alpha value is -1.39. The standard InChI is InChI=1S/C17H19NO2S/c19-21(20,18-11-14-7-3-8-15(14)12-18)17-10-4-6-13-5-1-2-9-16(13)17/h1-2,4-6,9-10,14-15H,3,7-8,11-12H2. The summed E-state index contributed by atoms with van der Waals surface area (Å²) in [4.78, 5) is 0.459. The molecule has 2 atom stereocenters. The third kappa shape index (κ3) is 2.09. The van der Waals surface area contributed by atoms with Crippen molar-refractivity contribution in [3.63, 3.8) is 0 Å². The first-order valence-electron chi connectivity index (χ1n) is 7.64. The molecule has 0 N–H and O–H groups in total.